The quantitative estimate of drug-likeness (QED) is 0.813. The number of piperidine rings is 1. The molecular weight excluding hydrogens is 344 g/mol. The summed E-state index contributed by atoms with van der Waals surface area (Å²) in [5, 5.41) is 0. The molecule has 148 valence electrons. The van der Waals surface area contributed by atoms with Crippen LogP contribution in [0.25, 0.3) is 0 Å². The van der Waals surface area contributed by atoms with Crippen molar-refractivity contribution in [1.29, 1.82) is 0 Å². The zero-order chi connectivity index (χ0) is 19.4. The van der Waals surface area contributed by atoms with Gasteiger partial charge in [0.1, 0.15) is 23.5 Å². The molecule has 0 saturated carbocycles. The topological polar surface area (TPSA) is 59.1 Å². The molecule has 0 aromatic heterocycles. The molecule has 2 amide bonds. The van der Waals surface area contributed by atoms with Crippen molar-refractivity contribution in [3.8, 4) is 5.75 Å². The second-order valence-electron chi connectivity index (χ2n) is 8.31. The molecule has 2 fully saturated rings. The average Bonchev–Trinajstić information content (AvgIpc) is 3.11. The maximum atomic E-state index is 13.1. The second kappa shape index (κ2) is 8.19. The number of nitrogens with zero attached hydrogens (tertiary/aromatic N) is 2. The highest BCUT2D eigenvalue weighted by atomic mass is 16.6. The summed E-state index contributed by atoms with van der Waals surface area (Å²) in [6.45, 7) is 7.37. The first-order valence-corrected chi connectivity index (χ1v) is 9.83. The summed E-state index contributed by atoms with van der Waals surface area (Å²) in [6.07, 6.45) is 2.95. The van der Waals surface area contributed by atoms with Gasteiger partial charge >= 0.3 is 6.09 Å². The zero-order valence-electron chi connectivity index (χ0n) is 16.5. The van der Waals surface area contributed by atoms with Gasteiger partial charge in [0.2, 0.25) is 5.91 Å². The lowest BCUT2D eigenvalue weighted by Gasteiger charge is -2.36. The van der Waals surface area contributed by atoms with Crippen molar-refractivity contribution in [2.75, 3.05) is 19.6 Å². The van der Waals surface area contributed by atoms with E-state index in [4.69, 9.17) is 9.47 Å². The highest BCUT2D eigenvalue weighted by Gasteiger charge is 2.39. The Balaban J connectivity index is 1.61. The van der Waals surface area contributed by atoms with Crippen molar-refractivity contribution >= 4 is 12.0 Å². The molecule has 1 aromatic rings. The lowest BCUT2D eigenvalue weighted by Crippen LogP contribution is -2.52. The van der Waals surface area contributed by atoms with Gasteiger partial charge in [-0.25, -0.2) is 4.79 Å². The molecular formula is C21H30N2O4. The van der Waals surface area contributed by atoms with Crippen molar-refractivity contribution in [3.05, 3.63) is 30.3 Å². The summed E-state index contributed by atoms with van der Waals surface area (Å²) in [5.41, 5.74) is -0.562. The smallest absolute Gasteiger partial charge is 0.410 e. The summed E-state index contributed by atoms with van der Waals surface area (Å²) in [7, 11) is 0. The van der Waals surface area contributed by atoms with E-state index in [1.165, 1.54) is 0 Å². The molecule has 2 aliphatic rings. The van der Waals surface area contributed by atoms with E-state index in [-0.39, 0.29) is 12.0 Å². The molecule has 2 unspecified atom stereocenters. The van der Waals surface area contributed by atoms with Crippen LogP contribution in [-0.4, -0.2) is 59.2 Å². The highest BCUT2D eigenvalue weighted by Crippen LogP contribution is 2.25. The van der Waals surface area contributed by atoms with E-state index < -0.39 is 17.7 Å². The van der Waals surface area contributed by atoms with Crippen molar-refractivity contribution in [3.63, 3.8) is 0 Å². The van der Waals surface area contributed by atoms with Crippen LogP contribution in [0.2, 0.25) is 0 Å². The molecule has 3 rings (SSSR count). The van der Waals surface area contributed by atoms with Crippen LogP contribution in [0.1, 0.15) is 46.5 Å². The Morgan fingerprint density at radius 3 is 2.44 bits per heavy atom. The van der Waals surface area contributed by atoms with E-state index in [0.29, 0.717) is 26.1 Å². The first-order chi connectivity index (χ1) is 12.8. The van der Waals surface area contributed by atoms with Gasteiger partial charge in [0.25, 0.3) is 0 Å². The number of carbonyl (C=O) groups excluding carboxylic acids is 2. The number of carbonyl (C=O) groups is 2. The lowest BCUT2D eigenvalue weighted by atomic mass is 10.1. The molecule has 0 spiro atoms. The Hall–Kier alpha value is -2.24. The minimum absolute atomic E-state index is 0.0125. The van der Waals surface area contributed by atoms with E-state index in [0.717, 1.165) is 25.0 Å². The SMILES string of the molecule is CC(C)(C)OC(=O)N1CCCC1C(=O)N1CCCC(Oc2ccccc2)C1. The molecule has 0 bridgehead atoms. The predicted octanol–water partition coefficient (Wildman–Crippen LogP) is 3.46. The summed E-state index contributed by atoms with van der Waals surface area (Å²) in [4.78, 5) is 29.0. The molecule has 0 N–H and O–H groups in total. The number of hydrogen-bond donors (Lipinski definition) is 0. The van der Waals surface area contributed by atoms with Crippen LogP contribution in [0.4, 0.5) is 4.79 Å². The van der Waals surface area contributed by atoms with Gasteiger partial charge in [-0.3, -0.25) is 9.69 Å². The van der Waals surface area contributed by atoms with Gasteiger partial charge in [0, 0.05) is 13.1 Å². The standard InChI is InChI=1S/C21H30N2O4/c1-21(2,3)27-20(25)23-14-8-12-18(23)19(24)22-13-7-11-17(15-22)26-16-9-5-4-6-10-16/h4-6,9-10,17-18H,7-8,11-15H2,1-3H3. The predicted molar refractivity (Wildman–Crippen MR) is 103 cm³/mol. The maximum absolute atomic E-state index is 13.1. The van der Waals surface area contributed by atoms with Crippen molar-refractivity contribution < 1.29 is 19.1 Å². The van der Waals surface area contributed by atoms with Gasteiger partial charge in [-0.2, -0.15) is 0 Å². The summed E-state index contributed by atoms with van der Waals surface area (Å²) in [5.74, 6) is 0.841. The van der Waals surface area contributed by atoms with Crippen LogP contribution in [0.15, 0.2) is 30.3 Å². The number of likely N-dealkylation sites (tertiary alicyclic amines) is 2. The zero-order valence-corrected chi connectivity index (χ0v) is 16.5. The number of amides is 2. The molecule has 0 radical (unpaired) electrons. The van der Waals surface area contributed by atoms with E-state index in [9.17, 15) is 9.59 Å². The van der Waals surface area contributed by atoms with Crippen molar-refractivity contribution in [2.24, 2.45) is 0 Å². The normalized spacial score (nSPS) is 23.2. The van der Waals surface area contributed by atoms with E-state index >= 15 is 0 Å². The number of hydrogen-bond acceptors (Lipinski definition) is 4. The molecule has 27 heavy (non-hydrogen) atoms. The fourth-order valence-electron chi connectivity index (χ4n) is 3.70. The average molecular weight is 374 g/mol. The second-order valence-corrected chi connectivity index (χ2v) is 8.31. The van der Waals surface area contributed by atoms with Crippen molar-refractivity contribution in [1.82, 2.24) is 9.80 Å². The first-order valence-electron chi connectivity index (χ1n) is 9.83. The van der Waals surface area contributed by atoms with Gasteiger partial charge in [0.05, 0.1) is 6.54 Å². The molecule has 1 aromatic carbocycles. The molecule has 2 atom stereocenters. The maximum Gasteiger partial charge on any atom is 0.410 e. The first kappa shape index (κ1) is 19.5. The van der Waals surface area contributed by atoms with E-state index in [1.54, 1.807) is 4.90 Å². The largest absolute Gasteiger partial charge is 0.489 e. The van der Waals surface area contributed by atoms with Crippen LogP contribution >= 0.6 is 0 Å². The highest BCUT2D eigenvalue weighted by molar-refractivity contribution is 5.86. The van der Waals surface area contributed by atoms with Gasteiger partial charge in [-0.1, -0.05) is 18.2 Å². The van der Waals surface area contributed by atoms with Gasteiger partial charge < -0.3 is 14.4 Å². The Labute approximate surface area is 161 Å². The Morgan fingerprint density at radius 2 is 1.74 bits per heavy atom. The summed E-state index contributed by atoms with van der Waals surface area (Å²) in [6, 6.07) is 9.28. The van der Waals surface area contributed by atoms with Gasteiger partial charge in [0.15, 0.2) is 0 Å². The van der Waals surface area contributed by atoms with Gasteiger partial charge in [-0.15, -0.1) is 0 Å². The summed E-state index contributed by atoms with van der Waals surface area (Å²) >= 11 is 0. The van der Waals surface area contributed by atoms with Crippen LogP contribution in [-0.2, 0) is 9.53 Å². The van der Waals surface area contributed by atoms with Gasteiger partial charge in [-0.05, 0) is 58.6 Å². The Morgan fingerprint density at radius 1 is 1.04 bits per heavy atom. The Kier molecular flexibility index (Phi) is 5.92. The molecule has 6 heteroatoms. The number of benzene rings is 1. The Bertz CT molecular complexity index is 656. The minimum atomic E-state index is -0.562. The third-order valence-corrected chi connectivity index (χ3v) is 4.90. The van der Waals surface area contributed by atoms with Crippen LogP contribution in [0.3, 0.4) is 0 Å². The molecule has 2 aliphatic heterocycles. The minimum Gasteiger partial charge on any atom is -0.489 e. The van der Waals surface area contributed by atoms with Crippen molar-refractivity contribution in [2.45, 2.75) is 64.2 Å². The monoisotopic (exact) mass is 374 g/mol. The molecule has 2 saturated heterocycles. The third-order valence-electron chi connectivity index (χ3n) is 4.90. The van der Waals surface area contributed by atoms with Crippen LogP contribution in [0, 0.1) is 0 Å². The fourth-order valence-corrected chi connectivity index (χ4v) is 3.70. The number of ether oxygens (including phenoxy) is 2. The lowest BCUT2D eigenvalue weighted by molar-refractivity contribution is -0.138. The fraction of sp³-hybridized carbons (Fsp3) is 0.619. The molecule has 0 aliphatic carbocycles. The number of para-hydroxylation sites is 1. The van der Waals surface area contributed by atoms with E-state index in [2.05, 4.69) is 0 Å². The molecule has 2 heterocycles. The number of rotatable bonds is 3. The van der Waals surface area contributed by atoms with Crippen LogP contribution < -0.4 is 4.74 Å². The van der Waals surface area contributed by atoms with Crippen LogP contribution in [0.5, 0.6) is 5.75 Å². The summed E-state index contributed by atoms with van der Waals surface area (Å²) < 4.78 is 11.5. The molecule has 6 nitrogen and oxygen atoms in total. The van der Waals surface area contributed by atoms with E-state index in [1.807, 2.05) is 56.0 Å². The third kappa shape index (κ3) is 5.15.